The molecule has 0 aliphatic carbocycles. The molecule has 1 aliphatic rings. The molecule has 2 heterocycles. The van der Waals surface area contributed by atoms with Crippen LogP contribution in [0.5, 0.6) is 0 Å². The molecular formula is C51H39N4O-. The average Bonchev–Trinajstić information content (AvgIpc) is 3.66. The number of benzene rings is 8. The van der Waals surface area contributed by atoms with Gasteiger partial charge < -0.3 is 25.3 Å². The Morgan fingerprint density at radius 2 is 0.946 bits per heavy atom. The SMILES string of the molecule is c1ccc(C2[N-]C(c3ccc(-c4cccc5oc6cc(-c7cccc(N(c8ccccc8)c8ccccc8)c7)ccc6c45)cc3)NC(c3ccccc3)N2)cc1. The van der Waals surface area contributed by atoms with Gasteiger partial charge >= 0.3 is 0 Å². The molecule has 0 saturated carbocycles. The number of nitrogens with one attached hydrogen (secondary N) is 2. The maximum Gasteiger partial charge on any atom is 0.136 e. The Morgan fingerprint density at radius 1 is 0.411 bits per heavy atom. The van der Waals surface area contributed by atoms with Crippen LogP contribution in [0.1, 0.15) is 35.2 Å². The fraction of sp³-hybridized carbons (Fsp3) is 0.0588. The van der Waals surface area contributed by atoms with E-state index in [2.05, 4.69) is 216 Å². The highest BCUT2D eigenvalue weighted by Gasteiger charge is 2.22. The van der Waals surface area contributed by atoms with Crippen molar-refractivity contribution in [2.75, 3.05) is 4.90 Å². The monoisotopic (exact) mass is 723 g/mol. The maximum absolute atomic E-state index is 6.58. The molecule has 10 rings (SSSR count). The van der Waals surface area contributed by atoms with Crippen molar-refractivity contribution in [1.29, 1.82) is 0 Å². The minimum atomic E-state index is -0.185. The van der Waals surface area contributed by atoms with Crippen molar-refractivity contribution < 1.29 is 4.42 Å². The summed E-state index contributed by atoms with van der Waals surface area (Å²) in [6.07, 6.45) is -0.373. The molecule has 270 valence electrons. The van der Waals surface area contributed by atoms with Gasteiger partial charge in [-0.15, -0.1) is 0 Å². The van der Waals surface area contributed by atoms with Crippen molar-refractivity contribution >= 4 is 39.0 Å². The Morgan fingerprint density at radius 3 is 1.61 bits per heavy atom. The number of nitrogens with zero attached hydrogens (tertiary/aromatic N) is 2. The van der Waals surface area contributed by atoms with Crippen LogP contribution < -0.4 is 15.5 Å². The van der Waals surface area contributed by atoms with Crippen LogP contribution in [0.4, 0.5) is 17.1 Å². The van der Waals surface area contributed by atoms with Gasteiger partial charge in [-0.25, -0.2) is 0 Å². The van der Waals surface area contributed by atoms with E-state index < -0.39 is 0 Å². The highest BCUT2D eigenvalue weighted by Crippen LogP contribution is 2.42. The molecule has 3 unspecified atom stereocenters. The maximum atomic E-state index is 6.58. The first-order valence-corrected chi connectivity index (χ1v) is 19.1. The number of hydrogen-bond acceptors (Lipinski definition) is 4. The normalized spacial score (nSPS) is 16.9. The highest BCUT2D eigenvalue weighted by atomic mass is 16.3. The van der Waals surface area contributed by atoms with Gasteiger partial charge in [0.25, 0.3) is 0 Å². The largest absolute Gasteiger partial charge is 0.624 e. The van der Waals surface area contributed by atoms with Crippen LogP contribution in [0, 0.1) is 0 Å². The van der Waals surface area contributed by atoms with Gasteiger partial charge in [0.15, 0.2) is 0 Å². The van der Waals surface area contributed by atoms with Crippen molar-refractivity contribution in [1.82, 2.24) is 10.6 Å². The first-order valence-electron chi connectivity index (χ1n) is 19.1. The summed E-state index contributed by atoms with van der Waals surface area (Å²) >= 11 is 0. The lowest BCUT2D eigenvalue weighted by Crippen LogP contribution is -2.44. The van der Waals surface area contributed by atoms with Gasteiger partial charge in [0.1, 0.15) is 11.2 Å². The molecule has 5 nitrogen and oxygen atoms in total. The fourth-order valence-corrected chi connectivity index (χ4v) is 7.95. The van der Waals surface area contributed by atoms with Crippen molar-refractivity contribution in [3.8, 4) is 22.3 Å². The minimum absolute atomic E-state index is 0.0475. The first kappa shape index (κ1) is 33.8. The van der Waals surface area contributed by atoms with E-state index in [4.69, 9.17) is 9.73 Å². The lowest BCUT2D eigenvalue weighted by Gasteiger charge is -2.50. The van der Waals surface area contributed by atoms with Crippen LogP contribution in [0.25, 0.3) is 49.5 Å². The Hall–Kier alpha value is -6.76. The van der Waals surface area contributed by atoms with Gasteiger partial charge in [-0.2, -0.15) is 0 Å². The van der Waals surface area contributed by atoms with Crippen molar-refractivity contribution in [3.05, 3.63) is 228 Å². The third-order valence-electron chi connectivity index (χ3n) is 10.7. The Bertz CT molecular complexity index is 2650. The van der Waals surface area contributed by atoms with E-state index in [1.807, 2.05) is 6.07 Å². The van der Waals surface area contributed by atoms with Crippen molar-refractivity contribution in [2.24, 2.45) is 0 Å². The summed E-state index contributed by atoms with van der Waals surface area (Å²) < 4.78 is 6.58. The highest BCUT2D eigenvalue weighted by molar-refractivity contribution is 6.13. The zero-order valence-corrected chi connectivity index (χ0v) is 30.7. The second-order valence-corrected chi connectivity index (χ2v) is 14.2. The summed E-state index contributed by atoms with van der Waals surface area (Å²) in [5.74, 6) is 0. The quantitative estimate of drug-likeness (QED) is 0.164. The zero-order chi connectivity index (χ0) is 37.3. The Kier molecular flexibility index (Phi) is 8.94. The van der Waals surface area contributed by atoms with E-state index in [9.17, 15) is 0 Å². The molecule has 1 aliphatic heterocycles. The van der Waals surface area contributed by atoms with Gasteiger partial charge in [0.2, 0.25) is 0 Å². The third kappa shape index (κ3) is 6.54. The second-order valence-electron chi connectivity index (χ2n) is 14.2. The van der Waals surface area contributed by atoms with Gasteiger partial charge in [0, 0.05) is 27.8 Å². The van der Waals surface area contributed by atoms with Gasteiger partial charge in [-0.05, 0) is 82.4 Å². The topological polar surface area (TPSA) is 54.5 Å². The molecule has 9 aromatic rings. The van der Waals surface area contributed by atoms with Crippen molar-refractivity contribution in [3.63, 3.8) is 0 Å². The lowest BCUT2D eigenvalue weighted by molar-refractivity contribution is 0.316. The second kappa shape index (κ2) is 14.8. The first-order chi connectivity index (χ1) is 27.7. The molecule has 8 aromatic carbocycles. The van der Waals surface area contributed by atoms with Crippen LogP contribution in [0.2, 0.25) is 0 Å². The molecule has 1 fully saturated rings. The van der Waals surface area contributed by atoms with E-state index in [0.717, 1.165) is 72.4 Å². The predicted molar refractivity (Wildman–Crippen MR) is 230 cm³/mol. The smallest absolute Gasteiger partial charge is 0.136 e. The van der Waals surface area contributed by atoms with Crippen molar-refractivity contribution in [2.45, 2.75) is 18.5 Å². The van der Waals surface area contributed by atoms with E-state index in [-0.39, 0.29) is 18.5 Å². The summed E-state index contributed by atoms with van der Waals surface area (Å²) in [6, 6.07) is 72.5. The fourth-order valence-electron chi connectivity index (χ4n) is 7.95. The summed E-state index contributed by atoms with van der Waals surface area (Å²) in [6.45, 7) is 0. The molecule has 0 amide bonds. The predicted octanol–water partition coefficient (Wildman–Crippen LogP) is 13.4. The van der Waals surface area contributed by atoms with E-state index >= 15 is 0 Å². The van der Waals surface area contributed by atoms with Gasteiger partial charge in [0.05, 0.1) is 6.17 Å². The Labute approximate surface area is 326 Å². The van der Waals surface area contributed by atoms with E-state index in [1.165, 1.54) is 5.56 Å². The lowest BCUT2D eigenvalue weighted by atomic mass is 9.96. The summed E-state index contributed by atoms with van der Waals surface area (Å²) in [5, 5.41) is 14.9. The molecular weight excluding hydrogens is 685 g/mol. The average molecular weight is 724 g/mol. The summed E-state index contributed by atoms with van der Waals surface area (Å²) in [7, 11) is 0. The van der Waals surface area contributed by atoms with E-state index in [0.29, 0.717) is 0 Å². The Balaban J connectivity index is 0.965. The molecule has 5 heteroatoms. The molecule has 1 saturated heterocycles. The number of anilines is 3. The van der Waals surface area contributed by atoms with Gasteiger partial charge in [-0.3, -0.25) is 0 Å². The van der Waals surface area contributed by atoms with E-state index in [1.54, 1.807) is 0 Å². The molecule has 0 radical (unpaired) electrons. The molecule has 3 atom stereocenters. The standard InChI is InChI=1S/C51H39N4O/c1-5-15-36(16-6-1)49-52-50(37-17-7-2-8-18-37)54-51(53-49)38-29-27-35(28-30-38)44-25-14-26-46-48(44)45-32-31-40(34-47(45)56-46)39-19-13-24-43(33-39)55(41-20-9-3-10-21-41)42-22-11-4-12-23-42/h1-34,49-53H/q-1. The molecule has 1 aromatic heterocycles. The van der Waals surface area contributed by atoms with Crippen LogP contribution >= 0.6 is 0 Å². The number of hydrogen-bond donors (Lipinski definition) is 2. The number of fused-ring (bicyclic) bond motifs is 3. The third-order valence-corrected chi connectivity index (χ3v) is 10.7. The zero-order valence-electron chi connectivity index (χ0n) is 30.7. The van der Waals surface area contributed by atoms with Crippen LogP contribution in [-0.2, 0) is 0 Å². The molecule has 0 bridgehead atoms. The number of furan rings is 1. The van der Waals surface area contributed by atoms with Crippen LogP contribution in [-0.4, -0.2) is 0 Å². The number of para-hydroxylation sites is 2. The van der Waals surface area contributed by atoms with Crippen LogP contribution in [0.15, 0.2) is 211 Å². The summed E-state index contributed by atoms with van der Waals surface area (Å²) in [5.41, 5.74) is 13.0. The van der Waals surface area contributed by atoms with Crippen LogP contribution in [0.3, 0.4) is 0 Å². The molecule has 0 spiro atoms. The molecule has 56 heavy (non-hydrogen) atoms. The molecule has 2 N–H and O–H groups in total. The number of rotatable bonds is 8. The van der Waals surface area contributed by atoms with Gasteiger partial charge in [-0.1, -0.05) is 175 Å². The summed E-state index contributed by atoms with van der Waals surface area (Å²) in [4.78, 5) is 2.29. The minimum Gasteiger partial charge on any atom is -0.624 e.